The lowest BCUT2D eigenvalue weighted by Gasteiger charge is -2.12. The smallest absolute Gasteiger partial charge is 0.240 e. The Morgan fingerprint density at radius 2 is 1.95 bits per heavy atom. The summed E-state index contributed by atoms with van der Waals surface area (Å²) in [5, 5.41) is 8.77. The molecule has 1 rings (SSSR count). The van der Waals surface area contributed by atoms with Crippen LogP contribution in [0.1, 0.15) is 20.3 Å². The first-order chi connectivity index (χ1) is 8.99. The van der Waals surface area contributed by atoms with Gasteiger partial charge >= 0.3 is 0 Å². The van der Waals surface area contributed by atoms with Crippen LogP contribution in [0.25, 0.3) is 0 Å². The fourth-order valence-corrected chi connectivity index (χ4v) is 2.70. The van der Waals surface area contributed by atoms with Crippen LogP contribution in [0.4, 0.5) is 0 Å². The molecule has 0 aliphatic carbocycles. The van der Waals surface area contributed by atoms with Crippen LogP contribution < -0.4 is 9.46 Å². The monoisotopic (exact) mass is 287 g/mol. The van der Waals surface area contributed by atoms with Crippen molar-refractivity contribution in [1.29, 1.82) is 0 Å². The standard InChI is InChI=1S/C13H21NO4S/c1-3-18-12-4-6-13(7-5-12)19(16,17)14-10-11(2)8-9-15/h4-7,11,14-15H,3,8-10H2,1-2H3. The van der Waals surface area contributed by atoms with Gasteiger partial charge < -0.3 is 9.84 Å². The van der Waals surface area contributed by atoms with Gasteiger partial charge in [-0.25, -0.2) is 13.1 Å². The molecule has 1 aromatic carbocycles. The molecule has 0 amide bonds. The zero-order valence-corrected chi connectivity index (χ0v) is 12.1. The summed E-state index contributed by atoms with van der Waals surface area (Å²) in [5.41, 5.74) is 0. The number of aliphatic hydroxyl groups excluding tert-OH is 1. The van der Waals surface area contributed by atoms with Gasteiger partial charge in [0.05, 0.1) is 11.5 Å². The number of aliphatic hydroxyl groups is 1. The summed E-state index contributed by atoms with van der Waals surface area (Å²) < 4.78 is 31.8. The molecule has 1 unspecified atom stereocenters. The van der Waals surface area contributed by atoms with E-state index in [9.17, 15) is 8.42 Å². The van der Waals surface area contributed by atoms with E-state index in [0.717, 1.165) is 0 Å². The van der Waals surface area contributed by atoms with Crippen molar-refractivity contribution in [3.8, 4) is 5.75 Å². The van der Waals surface area contributed by atoms with Crippen LogP contribution in [0.2, 0.25) is 0 Å². The highest BCUT2D eigenvalue weighted by Crippen LogP contribution is 2.16. The molecule has 0 saturated heterocycles. The van der Waals surface area contributed by atoms with E-state index in [1.54, 1.807) is 12.1 Å². The Morgan fingerprint density at radius 3 is 2.47 bits per heavy atom. The van der Waals surface area contributed by atoms with Gasteiger partial charge in [0.25, 0.3) is 0 Å². The van der Waals surface area contributed by atoms with Gasteiger partial charge in [0.1, 0.15) is 5.75 Å². The second-order valence-electron chi connectivity index (χ2n) is 4.37. The zero-order chi connectivity index (χ0) is 14.3. The van der Waals surface area contributed by atoms with Gasteiger partial charge in [0, 0.05) is 13.2 Å². The molecule has 0 aliphatic rings. The Kier molecular flexibility index (Phi) is 6.27. The number of ether oxygens (including phenoxy) is 1. The summed E-state index contributed by atoms with van der Waals surface area (Å²) in [4.78, 5) is 0.215. The predicted molar refractivity (Wildman–Crippen MR) is 73.7 cm³/mol. The Bertz CT molecular complexity index is 470. The van der Waals surface area contributed by atoms with E-state index in [1.165, 1.54) is 12.1 Å². The normalized spacial score (nSPS) is 13.2. The van der Waals surface area contributed by atoms with Crippen molar-refractivity contribution in [2.24, 2.45) is 5.92 Å². The van der Waals surface area contributed by atoms with Crippen LogP contribution in [0.3, 0.4) is 0 Å². The number of nitrogens with one attached hydrogen (secondary N) is 1. The highest BCUT2D eigenvalue weighted by Gasteiger charge is 2.14. The SMILES string of the molecule is CCOc1ccc(S(=O)(=O)NCC(C)CCO)cc1. The second kappa shape index (κ2) is 7.47. The average Bonchev–Trinajstić information content (AvgIpc) is 2.38. The van der Waals surface area contributed by atoms with Crippen molar-refractivity contribution >= 4 is 10.0 Å². The van der Waals surface area contributed by atoms with E-state index < -0.39 is 10.0 Å². The molecule has 0 heterocycles. The first kappa shape index (κ1) is 15.9. The third kappa shape index (κ3) is 5.18. The molecule has 0 aliphatic heterocycles. The largest absolute Gasteiger partial charge is 0.494 e. The van der Waals surface area contributed by atoms with Crippen molar-refractivity contribution in [2.75, 3.05) is 19.8 Å². The first-order valence-corrected chi connectivity index (χ1v) is 7.81. The molecule has 2 N–H and O–H groups in total. The van der Waals surface area contributed by atoms with Crippen LogP contribution >= 0.6 is 0 Å². The third-order valence-corrected chi connectivity index (χ3v) is 4.13. The van der Waals surface area contributed by atoms with E-state index in [4.69, 9.17) is 9.84 Å². The summed E-state index contributed by atoms with van der Waals surface area (Å²) in [6.07, 6.45) is 0.575. The summed E-state index contributed by atoms with van der Waals surface area (Å²) in [6.45, 7) is 4.68. The molecular formula is C13H21NO4S. The van der Waals surface area contributed by atoms with E-state index in [-0.39, 0.29) is 17.4 Å². The highest BCUT2D eigenvalue weighted by atomic mass is 32.2. The van der Waals surface area contributed by atoms with Crippen molar-refractivity contribution in [1.82, 2.24) is 4.72 Å². The Hall–Kier alpha value is -1.11. The van der Waals surface area contributed by atoms with E-state index >= 15 is 0 Å². The van der Waals surface area contributed by atoms with Gasteiger partial charge in [-0.1, -0.05) is 6.92 Å². The number of benzene rings is 1. The summed E-state index contributed by atoms with van der Waals surface area (Å²) >= 11 is 0. The van der Waals surface area contributed by atoms with Crippen LogP contribution in [-0.4, -0.2) is 33.3 Å². The van der Waals surface area contributed by atoms with E-state index in [2.05, 4.69) is 4.72 Å². The Labute approximate surface area is 114 Å². The van der Waals surface area contributed by atoms with Crippen LogP contribution in [0.15, 0.2) is 29.2 Å². The maximum atomic E-state index is 12.0. The first-order valence-electron chi connectivity index (χ1n) is 6.33. The maximum absolute atomic E-state index is 12.0. The Morgan fingerprint density at radius 1 is 1.32 bits per heavy atom. The van der Waals surface area contributed by atoms with Gasteiger partial charge in [-0.3, -0.25) is 0 Å². The molecule has 6 heteroatoms. The minimum absolute atomic E-state index is 0.0615. The summed E-state index contributed by atoms with van der Waals surface area (Å²) in [6, 6.07) is 6.30. The zero-order valence-electron chi connectivity index (χ0n) is 11.3. The lowest BCUT2D eigenvalue weighted by atomic mass is 10.1. The molecule has 1 aromatic rings. The minimum atomic E-state index is -3.49. The Balaban J connectivity index is 2.66. The van der Waals surface area contributed by atoms with Gasteiger partial charge in [-0.15, -0.1) is 0 Å². The van der Waals surface area contributed by atoms with Crippen molar-refractivity contribution in [3.05, 3.63) is 24.3 Å². The molecule has 108 valence electrons. The molecule has 0 radical (unpaired) electrons. The van der Waals surface area contributed by atoms with Crippen LogP contribution in [0, 0.1) is 5.92 Å². The van der Waals surface area contributed by atoms with Crippen molar-refractivity contribution < 1.29 is 18.3 Å². The molecule has 19 heavy (non-hydrogen) atoms. The van der Waals surface area contributed by atoms with Gasteiger partial charge in [-0.05, 0) is 43.5 Å². The predicted octanol–water partition coefficient (Wildman–Crippen LogP) is 1.38. The van der Waals surface area contributed by atoms with E-state index in [0.29, 0.717) is 25.3 Å². The van der Waals surface area contributed by atoms with Crippen LogP contribution in [0.5, 0.6) is 5.75 Å². The van der Waals surface area contributed by atoms with Crippen molar-refractivity contribution in [2.45, 2.75) is 25.2 Å². The number of sulfonamides is 1. The number of rotatable bonds is 8. The van der Waals surface area contributed by atoms with Crippen LogP contribution in [-0.2, 0) is 10.0 Å². The van der Waals surface area contributed by atoms with E-state index in [1.807, 2.05) is 13.8 Å². The quantitative estimate of drug-likeness (QED) is 0.757. The molecule has 5 nitrogen and oxygen atoms in total. The van der Waals surface area contributed by atoms with Gasteiger partial charge in [-0.2, -0.15) is 0 Å². The minimum Gasteiger partial charge on any atom is -0.494 e. The maximum Gasteiger partial charge on any atom is 0.240 e. The van der Waals surface area contributed by atoms with Gasteiger partial charge in [0.15, 0.2) is 0 Å². The molecule has 0 spiro atoms. The molecular weight excluding hydrogens is 266 g/mol. The second-order valence-corrected chi connectivity index (χ2v) is 6.14. The molecule has 1 atom stereocenters. The number of hydrogen-bond acceptors (Lipinski definition) is 4. The number of hydrogen-bond donors (Lipinski definition) is 2. The fraction of sp³-hybridized carbons (Fsp3) is 0.538. The third-order valence-electron chi connectivity index (χ3n) is 2.69. The molecule has 0 saturated carbocycles. The highest BCUT2D eigenvalue weighted by molar-refractivity contribution is 7.89. The van der Waals surface area contributed by atoms with Crippen molar-refractivity contribution in [3.63, 3.8) is 0 Å². The average molecular weight is 287 g/mol. The topological polar surface area (TPSA) is 75.6 Å². The lowest BCUT2D eigenvalue weighted by Crippen LogP contribution is -2.28. The molecule has 0 bridgehead atoms. The van der Waals surface area contributed by atoms with Gasteiger partial charge in [0.2, 0.25) is 10.0 Å². The lowest BCUT2D eigenvalue weighted by molar-refractivity contribution is 0.263. The molecule has 0 fully saturated rings. The summed E-state index contributed by atoms with van der Waals surface area (Å²) in [5.74, 6) is 0.748. The fourth-order valence-electron chi connectivity index (χ4n) is 1.54. The summed E-state index contributed by atoms with van der Waals surface area (Å²) in [7, 11) is -3.49. The molecule has 0 aromatic heterocycles.